The van der Waals surface area contributed by atoms with Crippen molar-refractivity contribution in [3.63, 3.8) is 0 Å². The molecule has 1 saturated heterocycles. The SMILES string of the molecule is Cc1cc(CO)cc(C)c1OCCN1CCNC1=O. The van der Waals surface area contributed by atoms with E-state index in [1.807, 2.05) is 26.0 Å². The zero-order valence-corrected chi connectivity index (χ0v) is 11.4. The second-order valence-corrected chi connectivity index (χ2v) is 4.78. The van der Waals surface area contributed by atoms with E-state index in [-0.39, 0.29) is 12.6 Å². The fourth-order valence-corrected chi connectivity index (χ4v) is 2.34. The van der Waals surface area contributed by atoms with Crippen molar-refractivity contribution in [2.75, 3.05) is 26.2 Å². The van der Waals surface area contributed by atoms with Crippen LogP contribution in [0.2, 0.25) is 0 Å². The van der Waals surface area contributed by atoms with Crippen LogP contribution in [0.3, 0.4) is 0 Å². The molecule has 1 fully saturated rings. The second-order valence-electron chi connectivity index (χ2n) is 4.78. The molecule has 0 radical (unpaired) electrons. The van der Waals surface area contributed by atoms with Crippen LogP contribution in [0.5, 0.6) is 5.75 Å². The normalized spacial score (nSPS) is 14.7. The molecule has 0 aliphatic carbocycles. The maximum Gasteiger partial charge on any atom is 0.317 e. The molecule has 1 aliphatic rings. The third kappa shape index (κ3) is 3.17. The van der Waals surface area contributed by atoms with E-state index in [1.165, 1.54) is 0 Å². The molecule has 2 rings (SSSR count). The van der Waals surface area contributed by atoms with Crippen LogP contribution < -0.4 is 10.1 Å². The quantitative estimate of drug-likeness (QED) is 0.840. The number of nitrogens with zero attached hydrogens (tertiary/aromatic N) is 1. The molecule has 2 amide bonds. The number of amides is 2. The number of benzene rings is 1. The molecule has 104 valence electrons. The number of hydrogen-bond donors (Lipinski definition) is 2. The summed E-state index contributed by atoms with van der Waals surface area (Å²) in [6, 6.07) is 3.82. The van der Waals surface area contributed by atoms with Crippen molar-refractivity contribution in [3.8, 4) is 5.75 Å². The highest BCUT2D eigenvalue weighted by molar-refractivity contribution is 5.76. The molecule has 0 saturated carbocycles. The molecular formula is C14H20N2O3. The maximum atomic E-state index is 11.4. The summed E-state index contributed by atoms with van der Waals surface area (Å²) in [5.41, 5.74) is 2.91. The van der Waals surface area contributed by atoms with Crippen molar-refractivity contribution in [2.45, 2.75) is 20.5 Å². The van der Waals surface area contributed by atoms with Crippen LogP contribution in [0.25, 0.3) is 0 Å². The largest absolute Gasteiger partial charge is 0.491 e. The van der Waals surface area contributed by atoms with Gasteiger partial charge in [-0.1, -0.05) is 12.1 Å². The Morgan fingerprint density at radius 1 is 1.37 bits per heavy atom. The van der Waals surface area contributed by atoms with E-state index >= 15 is 0 Å². The predicted octanol–water partition coefficient (Wildman–Crippen LogP) is 1.20. The smallest absolute Gasteiger partial charge is 0.317 e. The fraction of sp³-hybridized carbons (Fsp3) is 0.500. The Morgan fingerprint density at radius 2 is 2.05 bits per heavy atom. The Labute approximate surface area is 113 Å². The summed E-state index contributed by atoms with van der Waals surface area (Å²) in [6.07, 6.45) is 0. The number of carbonyl (C=O) groups is 1. The third-order valence-corrected chi connectivity index (χ3v) is 3.26. The van der Waals surface area contributed by atoms with Gasteiger partial charge in [-0.15, -0.1) is 0 Å². The standard InChI is InChI=1S/C14H20N2O3/c1-10-7-12(9-17)8-11(2)13(10)19-6-5-16-4-3-15-14(16)18/h7-8,17H,3-6,9H2,1-2H3,(H,15,18). The Bertz CT molecular complexity index is 451. The van der Waals surface area contributed by atoms with E-state index in [0.29, 0.717) is 19.7 Å². The zero-order chi connectivity index (χ0) is 13.8. The van der Waals surface area contributed by atoms with E-state index in [0.717, 1.165) is 29.0 Å². The van der Waals surface area contributed by atoms with Gasteiger partial charge in [0.2, 0.25) is 0 Å². The molecule has 2 N–H and O–H groups in total. The van der Waals surface area contributed by atoms with Crippen LogP contribution in [0.1, 0.15) is 16.7 Å². The number of urea groups is 1. The number of aliphatic hydroxyl groups excluding tert-OH is 1. The molecule has 0 bridgehead atoms. The molecule has 0 spiro atoms. The van der Waals surface area contributed by atoms with Crippen molar-refractivity contribution in [3.05, 3.63) is 28.8 Å². The molecule has 5 heteroatoms. The molecule has 0 atom stereocenters. The second kappa shape index (κ2) is 5.93. The lowest BCUT2D eigenvalue weighted by molar-refractivity contribution is 0.202. The summed E-state index contributed by atoms with van der Waals surface area (Å²) in [6.45, 7) is 6.48. The van der Waals surface area contributed by atoms with Crippen molar-refractivity contribution in [2.24, 2.45) is 0 Å². The summed E-state index contributed by atoms with van der Waals surface area (Å²) in [7, 11) is 0. The van der Waals surface area contributed by atoms with Crippen LogP contribution >= 0.6 is 0 Å². The van der Waals surface area contributed by atoms with Crippen LogP contribution in [-0.4, -0.2) is 42.3 Å². The van der Waals surface area contributed by atoms with Crippen molar-refractivity contribution < 1.29 is 14.6 Å². The molecule has 1 aliphatic heterocycles. The number of carbonyl (C=O) groups excluding carboxylic acids is 1. The molecule has 1 heterocycles. The van der Waals surface area contributed by atoms with E-state index in [4.69, 9.17) is 9.84 Å². The van der Waals surface area contributed by atoms with Gasteiger partial charge in [0.1, 0.15) is 12.4 Å². The van der Waals surface area contributed by atoms with Gasteiger partial charge in [0.15, 0.2) is 0 Å². The van der Waals surface area contributed by atoms with Gasteiger partial charge < -0.3 is 20.1 Å². The summed E-state index contributed by atoms with van der Waals surface area (Å²) in [4.78, 5) is 13.1. The van der Waals surface area contributed by atoms with Crippen molar-refractivity contribution in [1.82, 2.24) is 10.2 Å². The molecular weight excluding hydrogens is 244 g/mol. The number of rotatable bonds is 5. The minimum atomic E-state index is -0.0207. The molecule has 1 aromatic carbocycles. The van der Waals surface area contributed by atoms with E-state index < -0.39 is 0 Å². The first-order valence-corrected chi connectivity index (χ1v) is 6.48. The van der Waals surface area contributed by atoms with Crippen LogP contribution in [0, 0.1) is 13.8 Å². The number of aliphatic hydroxyl groups is 1. The van der Waals surface area contributed by atoms with Gasteiger partial charge in [0.05, 0.1) is 13.2 Å². The maximum absolute atomic E-state index is 11.4. The number of hydrogen-bond acceptors (Lipinski definition) is 3. The Balaban J connectivity index is 1.94. The topological polar surface area (TPSA) is 61.8 Å². The minimum absolute atomic E-state index is 0.0207. The van der Waals surface area contributed by atoms with Gasteiger partial charge >= 0.3 is 6.03 Å². The first-order chi connectivity index (χ1) is 9.11. The Kier molecular flexibility index (Phi) is 4.27. The van der Waals surface area contributed by atoms with Crippen LogP contribution in [0.4, 0.5) is 4.79 Å². The highest BCUT2D eigenvalue weighted by Gasteiger charge is 2.18. The minimum Gasteiger partial charge on any atom is -0.491 e. The summed E-state index contributed by atoms with van der Waals surface area (Å²) in [5.74, 6) is 0.844. The number of aryl methyl sites for hydroxylation is 2. The van der Waals surface area contributed by atoms with Crippen LogP contribution in [0.15, 0.2) is 12.1 Å². The average molecular weight is 264 g/mol. The van der Waals surface area contributed by atoms with Gasteiger partial charge in [-0.2, -0.15) is 0 Å². The lowest BCUT2D eigenvalue weighted by Gasteiger charge is -2.17. The summed E-state index contributed by atoms with van der Waals surface area (Å²) in [5, 5.41) is 11.9. The number of nitrogens with one attached hydrogen (secondary N) is 1. The average Bonchev–Trinajstić information content (AvgIpc) is 2.78. The van der Waals surface area contributed by atoms with E-state index in [9.17, 15) is 4.79 Å². The van der Waals surface area contributed by atoms with Gasteiger partial charge in [-0.25, -0.2) is 4.79 Å². The first kappa shape index (κ1) is 13.7. The van der Waals surface area contributed by atoms with Crippen LogP contribution in [-0.2, 0) is 6.61 Å². The van der Waals surface area contributed by atoms with Crippen molar-refractivity contribution in [1.29, 1.82) is 0 Å². The summed E-state index contributed by atoms with van der Waals surface area (Å²) >= 11 is 0. The lowest BCUT2D eigenvalue weighted by Crippen LogP contribution is -2.32. The first-order valence-electron chi connectivity index (χ1n) is 6.48. The monoisotopic (exact) mass is 264 g/mol. The predicted molar refractivity (Wildman–Crippen MR) is 72.3 cm³/mol. The molecule has 1 aromatic rings. The van der Waals surface area contributed by atoms with Gasteiger partial charge in [-0.3, -0.25) is 0 Å². The van der Waals surface area contributed by atoms with Gasteiger partial charge in [0, 0.05) is 13.1 Å². The zero-order valence-electron chi connectivity index (χ0n) is 11.4. The Morgan fingerprint density at radius 3 is 2.58 bits per heavy atom. The lowest BCUT2D eigenvalue weighted by atomic mass is 10.1. The number of ether oxygens (including phenoxy) is 1. The Hall–Kier alpha value is -1.75. The summed E-state index contributed by atoms with van der Waals surface area (Å²) < 4.78 is 5.77. The highest BCUT2D eigenvalue weighted by atomic mass is 16.5. The highest BCUT2D eigenvalue weighted by Crippen LogP contribution is 2.24. The molecule has 19 heavy (non-hydrogen) atoms. The van der Waals surface area contributed by atoms with E-state index in [2.05, 4.69) is 5.32 Å². The fourth-order valence-electron chi connectivity index (χ4n) is 2.34. The third-order valence-electron chi connectivity index (χ3n) is 3.26. The molecule has 5 nitrogen and oxygen atoms in total. The molecule has 0 unspecified atom stereocenters. The van der Waals surface area contributed by atoms with Gasteiger partial charge in [0.25, 0.3) is 0 Å². The molecule has 0 aromatic heterocycles. The van der Waals surface area contributed by atoms with Crippen molar-refractivity contribution >= 4 is 6.03 Å². The van der Waals surface area contributed by atoms with Gasteiger partial charge in [-0.05, 0) is 30.5 Å². The van der Waals surface area contributed by atoms with E-state index in [1.54, 1.807) is 4.90 Å².